The maximum Gasteiger partial charge on any atom is 0.404 e. The smallest absolute Gasteiger partial charge is 0.404 e. The molecule has 1 saturated carbocycles. The molecule has 278 valence electrons. The maximum absolute atomic E-state index is 14.8. The van der Waals surface area contributed by atoms with Crippen LogP contribution >= 0.6 is 0 Å². The molecule has 1 unspecified atom stereocenters. The molecule has 3 fully saturated rings. The molecule has 3 heterocycles. The standard InChI is InChI=1S/C36H53F2N5O7/c1-6-49-24-17-23-18-43(27(20-42(23)19-24)32(45)39-26-13-16-50-28-10-8-7-9-25(26)28)33(46)29(22-11-14-36(37,38)15-12-22)40-31(44)21(2)30(35(3,4)5)41-34(47)48/h7-10,21-24,26-27,29-30,41H,6,11-20H2,1-5H3,(H,39,45)(H,40,44)(H,47,48)/t21-,23-,24+,26+,27-,29-,30?/m0/s1. The Morgan fingerprint density at radius 1 is 1.06 bits per heavy atom. The lowest BCUT2D eigenvalue weighted by Crippen LogP contribution is -2.66. The molecule has 4 amide bonds. The van der Waals surface area contributed by atoms with Gasteiger partial charge in [-0.15, -0.1) is 0 Å². The predicted molar refractivity (Wildman–Crippen MR) is 181 cm³/mol. The van der Waals surface area contributed by atoms with Crippen molar-refractivity contribution in [3.05, 3.63) is 29.8 Å². The van der Waals surface area contributed by atoms with E-state index in [0.29, 0.717) is 38.3 Å². The second kappa shape index (κ2) is 15.4. The molecule has 2 saturated heterocycles. The number of rotatable bonds is 10. The van der Waals surface area contributed by atoms with Gasteiger partial charge in [0.2, 0.25) is 23.6 Å². The molecule has 0 aromatic heterocycles. The van der Waals surface area contributed by atoms with E-state index in [2.05, 4.69) is 20.9 Å². The van der Waals surface area contributed by atoms with Crippen molar-refractivity contribution >= 4 is 23.8 Å². The van der Waals surface area contributed by atoms with E-state index in [1.54, 1.807) is 27.7 Å². The van der Waals surface area contributed by atoms with E-state index in [-0.39, 0.29) is 50.0 Å². The Morgan fingerprint density at radius 3 is 2.42 bits per heavy atom. The Balaban J connectivity index is 1.44. The lowest BCUT2D eigenvalue weighted by molar-refractivity contribution is -0.151. The van der Waals surface area contributed by atoms with Gasteiger partial charge in [0.15, 0.2) is 0 Å². The topological polar surface area (TPSA) is 150 Å². The number of piperazine rings is 1. The highest BCUT2D eigenvalue weighted by Gasteiger charge is 2.49. The predicted octanol–water partition coefficient (Wildman–Crippen LogP) is 3.95. The van der Waals surface area contributed by atoms with Crippen LogP contribution in [0.5, 0.6) is 5.75 Å². The molecule has 1 aromatic carbocycles. The molecule has 0 spiro atoms. The van der Waals surface area contributed by atoms with Crippen LogP contribution < -0.4 is 20.7 Å². The maximum atomic E-state index is 14.8. The highest BCUT2D eigenvalue weighted by atomic mass is 19.3. The average Bonchev–Trinajstić information content (AvgIpc) is 3.46. The van der Waals surface area contributed by atoms with Gasteiger partial charge in [0.25, 0.3) is 0 Å². The first-order valence-electron chi connectivity index (χ1n) is 17.9. The molecule has 5 rings (SSSR count). The lowest BCUT2D eigenvalue weighted by atomic mass is 9.78. The highest BCUT2D eigenvalue weighted by molar-refractivity contribution is 5.93. The summed E-state index contributed by atoms with van der Waals surface area (Å²) in [6.07, 6.45) is -0.938. The molecule has 0 bridgehead atoms. The van der Waals surface area contributed by atoms with Crippen LogP contribution in [-0.4, -0.2) is 108 Å². The third-order valence-electron chi connectivity index (χ3n) is 10.9. The Kier molecular flexibility index (Phi) is 11.6. The van der Waals surface area contributed by atoms with Gasteiger partial charge in [-0.05, 0) is 43.6 Å². The van der Waals surface area contributed by atoms with Crippen LogP contribution in [0, 0.1) is 17.3 Å². The van der Waals surface area contributed by atoms with E-state index in [4.69, 9.17) is 9.47 Å². The van der Waals surface area contributed by atoms with E-state index in [1.165, 1.54) is 4.90 Å². The van der Waals surface area contributed by atoms with Crippen LogP contribution in [0.2, 0.25) is 0 Å². The quantitative estimate of drug-likeness (QED) is 0.286. The Labute approximate surface area is 293 Å². The number of hydrogen-bond donors (Lipinski definition) is 4. The summed E-state index contributed by atoms with van der Waals surface area (Å²) in [4.78, 5) is 58.3. The second-order valence-electron chi connectivity index (χ2n) is 15.4. The molecule has 4 aliphatic rings. The fourth-order valence-electron chi connectivity index (χ4n) is 8.23. The molecule has 50 heavy (non-hydrogen) atoms. The first-order valence-corrected chi connectivity index (χ1v) is 17.9. The van der Waals surface area contributed by atoms with Crippen molar-refractivity contribution in [2.75, 3.05) is 32.8 Å². The summed E-state index contributed by atoms with van der Waals surface area (Å²) in [6.45, 7) is 11.0. The van der Waals surface area contributed by atoms with E-state index in [1.807, 2.05) is 31.2 Å². The molecule has 3 aliphatic heterocycles. The van der Waals surface area contributed by atoms with Crippen molar-refractivity contribution in [3.8, 4) is 5.75 Å². The lowest BCUT2D eigenvalue weighted by Gasteiger charge is -2.45. The average molecular weight is 706 g/mol. The minimum Gasteiger partial charge on any atom is -0.493 e. The van der Waals surface area contributed by atoms with Crippen LogP contribution in [0.3, 0.4) is 0 Å². The zero-order chi connectivity index (χ0) is 36.4. The van der Waals surface area contributed by atoms with Gasteiger partial charge in [0.1, 0.15) is 17.8 Å². The number of carbonyl (C=O) groups is 4. The van der Waals surface area contributed by atoms with Gasteiger partial charge in [-0.3, -0.25) is 19.3 Å². The molecular formula is C36H53F2N5O7. The van der Waals surface area contributed by atoms with Gasteiger partial charge in [0, 0.05) is 63.2 Å². The van der Waals surface area contributed by atoms with Crippen LogP contribution in [-0.2, 0) is 19.1 Å². The summed E-state index contributed by atoms with van der Waals surface area (Å²) in [6, 6.07) is 4.20. The van der Waals surface area contributed by atoms with Crippen molar-refractivity contribution in [1.29, 1.82) is 0 Å². The van der Waals surface area contributed by atoms with Gasteiger partial charge in [-0.25, -0.2) is 13.6 Å². The normalized spacial score (nSPS) is 27.1. The van der Waals surface area contributed by atoms with Crippen molar-refractivity contribution < 1.29 is 42.5 Å². The monoisotopic (exact) mass is 705 g/mol. The summed E-state index contributed by atoms with van der Waals surface area (Å²) in [5, 5.41) is 18.0. The number of hydrogen-bond acceptors (Lipinski definition) is 7. The highest BCUT2D eigenvalue weighted by Crippen LogP contribution is 2.39. The van der Waals surface area contributed by atoms with E-state index in [0.717, 1.165) is 5.56 Å². The second-order valence-corrected chi connectivity index (χ2v) is 15.4. The van der Waals surface area contributed by atoms with Crippen LogP contribution in [0.4, 0.5) is 13.6 Å². The van der Waals surface area contributed by atoms with Gasteiger partial charge >= 0.3 is 6.09 Å². The first kappa shape index (κ1) is 37.7. The molecule has 1 aromatic rings. The molecule has 7 atom stereocenters. The molecule has 4 N–H and O–H groups in total. The third kappa shape index (κ3) is 8.67. The summed E-state index contributed by atoms with van der Waals surface area (Å²) < 4.78 is 40.4. The zero-order valence-electron chi connectivity index (χ0n) is 29.8. The fraction of sp³-hybridized carbons (Fsp3) is 0.722. The van der Waals surface area contributed by atoms with Crippen LogP contribution in [0.25, 0.3) is 0 Å². The van der Waals surface area contributed by atoms with Crippen molar-refractivity contribution in [2.45, 2.75) is 115 Å². The first-order chi connectivity index (χ1) is 23.6. The van der Waals surface area contributed by atoms with Crippen LogP contribution in [0.15, 0.2) is 24.3 Å². The zero-order valence-corrected chi connectivity index (χ0v) is 29.8. The number of alkyl halides is 2. The summed E-state index contributed by atoms with van der Waals surface area (Å²) in [5.41, 5.74) is 0.200. The van der Waals surface area contributed by atoms with Gasteiger partial charge in [-0.2, -0.15) is 0 Å². The number of amides is 4. The molecule has 1 aliphatic carbocycles. The number of benzene rings is 1. The Bertz CT molecular complexity index is 1400. The Hall–Kier alpha value is -3.52. The molecular weight excluding hydrogens is 652 g/mol. The minimum atomic E-state index is -2.86. The summed E-state index contributed by atoms with van der Waals surface area (Å²) in [5.74, 6) is -5.06. The number of nitrogens with zero attached hydrogens (tertiary/aromatic N) is 2. The van der Waals surface area contributed by atoms with Crippen LogP contribution in [0.1, 0.15) is 84.7 Å². The largest absolute Gasteiger partial charge is 0.493 e. The number of nitrogens with one attached hydrogen (secondary N) is 3. The van der Waals surface area contributed by atoms with E-state index < -0.39 is 72.0 Å². The summed E-state index contributed by atoms with van der Waals surface area (Å²) in [7, 11) is 0. The number of carbonyl (C=O) groups excluding carboxylic acids is 3. The van der Waals surface area contributed by atoms with Gasteiger partial charge in [0.05, 0.1) is 24.7 Å². The van der Waals surface area contributed by atoms with E-state index >= 15 is 0 Å². The molecule has 0 radical (unpaired) electrons. The fourth-order valence-corrected chi connectivity index (χ4v) is 8.23. The third-order valence-corrected chi connectivity index (χ3v) is 10.9. The minimum absolute atomic E-state index is 0.0136. The van der Waals surface area contributed by atoms with Crippen molar-refractivity contribution in [3.63, 3.8) is 0 Å². The SMILES string of the molecule is CCO[C@@H]1C[C@H]2CN(C(=O)[C@@H](NC(=O)[C@@H](C)C(NC(=O)O)C(C)(C)C)C3CCC(F)(F)CC3)[C@H](C(=O)N[C@@H]3CCOc4ccccc43)CN2C1. The van der Waals surface area contributed by atoms with Gasteiger partial charge in [-0.1, -0.05) is 45.9 Å². The van der Waals surface area contributed by atoms with Gasteiger partial charge < -0.3 is 35.4 Å². The van der Waals surface area contributed by atoms with Crippen molar-refractivity contribution in [2.24, 2.45) is 17.3 Å². The van der Waals surface area contributed by atoms with E-state index in [9.17, 15) is 33.1 Å². The molecule has 12 nitrogen and oxygen atoms in total. The summed E-state index contributed by atoms with van der Waals surface area (Å²) >= 11 is 0. The molecule has 14 heteroatoms. The van der Waals surface area contributed by atoms with Crippen molar-refractivity contribution in [1.82, 2.24) is 25.8 Å². The number of para-hydroxylation sites is 1. The Morgan fingerprint density at radius 2 is 1.76 bits per heavy atom. The number of halogens is 2. The number of carboxylic acid groups (broad SMARTS) is 1. The number of fused-ring (bicyclic) bond motifs is 2. The number of ether oxygens (including phenoxy) is 2.